The van der Waals surface area contributed by atoms with Gasteiger partial charge in [0, 0.05) is 24.2 Å². The summed E-state index contributed by atoms with van der Waals surface area (Å²) in [4.78, 5) is 7.14. The van der Waals surface area contributed by atoms with Crippen LogP contribution in [0.2, 0.25) is 0 Å². The van der Waals surface area contributed by atoms with Crippen LogP contribution in [0.1, 0.15) is 26.3 Å². The van der Waals surface area contributed by atoms with Gasteiger partial charge in [0.2, 0.25) is 0 Å². The Labute approximate surface area is 119 Å². The number of fused-ring (bicyclic) bond motifs is 1. The summed E-state index contributed by atoms with van der Waals surface area (Å²) in [6.45, 7) is 7.38. The summed E-state index contributed by atoms with van der Waals surface area (Å²) in [5.74, 6) is 0. The predicted molar refractivity (Wildman–Crippen MR) is 85.8 cm³/mol. The number of hydrogen-bond donors (Lipinski definition) is 1. The van der Waals surface area contributed by atoms with Gasteiger partial charge < -0.3 is 10.6 Å². The Morgan fingerprint density at radius 2 is 2.05 bits per heavy atom. The first-order chi connectivity index (χ1) is 9.06. The summed E-state index contributed by atoms with van der Waals surface area (Å²) < 4.78 is 0. The van der Waals surface area contributed by atoms with Crippen molar-refractivity contribution in [2.24, 2.45) is 5.73 Å². The van der Waals surface area contributed by atoms with Crippen molar-refractivity contribution in [3.05, 3.63) is 36.0 Å². The first-order valence-corrected chi connectivity index (χ1v) is 6.91. The van der Waals surface area contributed by atoms with E-state index in [1.54, 1.807) is 6.20 Å². The Balaban J connectivity index is 2.79. The topological polar surface area (TPSA) is 42.1 Å². The lowest BCUT2D eigenvalue weighted by molar-refractivity contribution is 0.705. The predicted octanol–water partition coefficient (Wildman–Crippen LogP) is 3.10. The Hall–Kier alpha value is -1.68. The molecule has 0 aliphatic carbocycles. The van der Waals surface area contributed by atoms with E-state index in [-0.39, 0.29) is 0 Å². The van der Waals surface area contributed by atoms with Crippen LogP contribution in [0.5, 0.6) is 0 Å². The van der Waals surface area contributed by atoms with E-state index in [9.17, 15) is 0 Å². The summed E-state index contributed by atoms with van der Waals surface area (Å²) >= 11 is 5.18. The highest BCUT2D eigenvalue weighted by molar-refractivity contribution is 7.80. The van der Waals surface area contributed by atoms with Gasteiger partial charge in [-0.15, -0.1) is 0 Å². The van der Waals surface area contributed by atoms with Crippen LogP contribution < -0.4 is 10.6 Å². The van der Waals surface area contributed by atoms with E-state index in [2.05, 4.69) is 36.7 Å². The Morgan fingerprint density at radius 3 is 2.63 bits per heavy atom. The SMILES string of the molecule is CCN(c1c(C(N)=S)cnc2ccccc12)C(C)C. The van der Waals surface area contributed by atoms with Crippen molar-refractivity contribution in [3.63, 3.8) is 0 Å². The molecule has 0 aliphatic heterocycles. The van der Waals surface area contributed by atoms with Gasteiger partial charge in [0.1, 0.15) is 4.99 Å². The van der Waals surface area contributed by atoms with Crippen molar-refractivity contribution in [1.82, 2.24) is 4.98 Å². The molecule has 0 saturated carbocycles. The van der Waals surface area contributed by atoms with Crippen molar-refractivity contribution in [3.8, 4) is 0 Å². The van der Waals surface area contributed by atoms with Gasteiger partial charge in [-0.05, 0) is 26.8 Å². The van der Waals surface area contributed by atoms with Gasteiger partial charge in [0.05, 0.1) is 16.8 Å². The van der Waals surface area contributed by atoms with Crippen LogP contribution in [0.4, 0.5) is 5.69 Å². The van der Waals surface area contributed by atoms with E-state index >= 15 is 0 Å². The maximum absolute atomic E-state index is 5.86. The zero-order valence-electron chi connectivity index (χ0n) is 11.6. The highest BCUT2D eigenvalue weighted by Gasteiger charge is 2.18. The van der Waals surface area contributed by atoms with Crippen LogP contribution in [0.25, 0.3) is 10.9 Å². The van der Waals surface area contributed by atoms with Crippen LogP contribution >= 0.6 is 12.2 Å². The number of hydrogen-bond acceptors (Lipinski definition) is 3. The molecular formula is C15H19N3S. The standard InChI is InChI=1S/C15H19N3S/c1-4-18(10(2)3)14-11-7-5-6-8-13(11)17-9-12(14)15(16)19/h5-10H,4H2,1-3H3,(H2,16,19). The lowest BCUT2D eigenvalue weighted by Crippen LogP contribution is -2.32. The lowest BCUT2D eigenvalue weighted by Gasteiger charge is -2.30. The maximum Gasteiger partial charge on any atom is 0.107 e. The number of anilines is 1. The van der Waals surface area contributed by atoms with Crippen molar-refractivity contribution in [1.29, 1.82) is 0 Å². The minimum Gasteiger partial charge on any atom is -0.389 e. The average molecular weight is 273 g/mol. The van der Waals surface area contributed by atoms with Gasteiger partial charge in [0.15, 0.2) is 0 Å². The molecule has 2 rings (SSSR count). The Bertz CT molecular complexity index is 607. The fourth-order valence-electron chi connectivity index (χ4n) is 2.40. The van der Waals surface area contributed by atoms with Gasteiger partial charge in [0.25, 0.3) is 0 Å². The number of aromatic nitrogens is 1. The largest absolute Gasteiger partial charge is 0.389 e. The van der Waals surface area contributed by atoms with Crippen LogP contribution in [0, 0.1) is 0 Å². The minimum absolute atomic E-state index is 0.379. The number of thiocarbonyl (C=S) groups is 1. The second-order valence-electron chi connectivity index (χ2n) is 4.78. The molecule has 19 heavy (non-hydrogen) atoms. The summed E-state index contributed by atoms with van der Waals surface area (Å²) in [6.07, 6.45) is 1.78. The molecule has 0 bridgehead atoms. The molecule has 1 heterocycles. The second kappa shape index (κ2) is 5.53. The van der Waals surface area contributed by atoms with Crippen molar-refractivity contribution < 1.29 is 0 Å². The van der Waals surface area contributed by atoms with E-state index in [0.29, 0.717) is 11.0 Å². The van der Waals surface area contributed by atoms with E-state index < -0.39 is 0 Å². The van der Waals surface area contributed by atoms with Gasteiger partial charge in [-0.3, -0.25) is 4.98 Å². The van der Waals surface area contributed by atoms with Gasteiger partial charge in [-0.1, -0.05) is 30.4 Å². The second-order valence-corrected chi connectivity index (χ2v) is 5.22. The summed E-state index contributed by atoms with van der Waals surface area (Å²) in [5.41, 5.74) is 8.78. The Kier molecular flexibility index (Phi) is 4.00. The quantitative estimate of drug-likeness (QED) is 0.869. The van der Waals surface area contributed by atoms with Gasteiger partial charge in [-0.25, -0.2) is 0 Å². The Morgan fingerprint density at radius 1 is 1.37 bits per heavy atom. The summed E-state index contributed by atoms with van der Waals surface area (Å²) in [6, 6.07) is 8.47. The number of rotatable bonds is 4. The number of nitrogens with two attached hydrogens (primary N) is 1. The molecule has 0 fully saturated rings. The third kappa shape index (κ3) is 2.54. The lowest BCUT2D eigenvalue weighted by atomic mass is 10.1. The smallest absolute Gasteiger partial charge is 0.107 e. The molecule has 4 heteroatoms. The summed E-state index contributed by atoms with van der Waals surface area (Å²) in [5, 5.41) is 1.10. The highest BCUT2D eigenvalue weighted by atomic mass is 32.1. The minimum atomic E-state index is 0.379. The van der Waals surface area contributed by atoms with Crippen LogP contribution in [-0.2, 0) is 0 Å². The highest BCUT2D eigenvalue weighted by Crippen LogP contribution is 2.30. The van der Waals surface area contributed by atoms with E-state index in [4.69, 9.17) is 18.0 Å². The molecule has 1 aromatic carbocycles. The molecule has 0 unspecified atom stereocenters. The third-order valence-electron chi connectivity index (χ3n) is 3.26. The molecular weight excluding hydrogens is 254 g/mol. The molecule has 2 N–H and O–H groups in total. The number of para-hydroxylation sites is 1. The molecule has 0 atom stereocenters. The number of benzene rings is 1. The monoisotopic (exact) mass is 273 g/mol. The fraction of sp³-hybridized carbons (Fsp3) is 0.333. The number of nitrogens with zero attached hydrogens (tertiary/aromatic N) is 2. The van der Waals surface area contributed by atoms with Crippen molar-refractivity contribution in [2.75, 3.05) is 11.4 Å². The van der Waals surface area contributed by atoms with E-state index in [1.165, 1.54) is 0 Å². The molecule has 2 aromatic rings. The molecule has 100 valence electrons. The molecule has 0 saturated heterocycles. The van der Waals surface area contributed by atoms with E-state index in [1.807, 2.05) is 18.2 Å². The molecule has 3 nitrogen and oxygen atoms in total. The van der Waals surface area contributed by atoms with Crippen LogP contribution in [-0.4, -0.2) is 22.6 Å². The van der Waals surface area contributed by atoms with Gasteiger partial charge >= 0.3 is 0 Å². The zero-order valence-corrected chi connectivity index (χ0v) is 12.4. The van der Waals surface area contributed by atoms with Crippen LogP contribution in [0.3, 0.4) is 0 Å². The molecule has 0 aliphatic rings. The first-order valence-electron chi connectivity index (χ1n) is 6.50. The number of pyridine rings is 1. The molecule has 0 radical (unpaired) electrons. The van der Waals surface area contributed by atoms with Gasteiger partial charge in [-0.2, -0.15) is 0 Å². The fourth-order valence-corrected chi connectivity index (χ4v) is 2.55. The maximum atomic E-state index is 5.86. The zero-order chi connectivity index (χ0) is 14.0. The molecule has 0 spiro atoms. The van der Waals surface area contributed by atoms with Crippen LogP contribution in [0.15, 0.2) is 30.5 Å². The average Bonchev–Trinajstić information content (AvgIpc) is 2.39. The van der Waals surface area contributed by atoms with E-state index in [0.717, 1.165) is 28.7 Å². The summed E-state index contributed by atoms with van der Waals surface area (Å²) in [7, 11) is 0. The molecule has 1 aromatic heterocycles. The first kappa shape index (κ1) is 13.7. The van der Waals surface area contributed by atoms with Crippen molar-refractivity contribution in [2.45, 2.75) is 26.8 Å². The molecule has 0 amide bonds. The third-order valence-corrected chi connectivity index (χ3v) is 3.48. The normalized spacial score (nSPS) is 10.9. The van der Waals surface area contributed by atoms with Crippen molar-refractivity contribution >= 4 is 33.8 Å².